The fraction of sp³-hybridized carbons (Fsp3) is 0.750. The van der Waals surface area contributed by atoms with E-state index in [1.54, 1.807) is 0 Å². The van der Waals surface area contributed by atoms with Crippen molar-refractivity contribution in [1.82, 2.24) is 4.90 Å². The number of nitrogens with two attached hydrogens (primary N) is 1. The molecule has 0 aliphatic carbocycles. The molecule has 1 amide bonds. The standard InChI is InChI=1S/C8H14N2O3/c1-5-3-10(7(11)2-9)4-6(5)8(12)13/h5-6H,2-4,9H2,1H3,(H,12,13)/t5-,6-/m1/s1. The number of aliphatic carboxylic acids is 1. The van der Waals surface area contributed by atoms with Crippen molar-refractivity contribution in [3.8, 4) is 0 Å². The number of likely N-dealkylation sites (tertiary alicyclic amines) is 1. The summed E-state index contributed by atoms with van der Waals surface area (Å²) in [5, 5.41) is 8.79. The molecular weight excluding hydrogens is 172 g/mol. The first-order valence-electron chi connectivity index (χ1n) is 4.27. The maximum Gasteiger partial charge on any atom is 0.308 e. The molecule has 1 aliphatic rings. The lowest BCUT2D eigenvalue weighted by Crippen LogP contribution is -2.34. The quantitative estimate of drug-likeness (QED) is 0.587. The summed E-state index contributed by atoms with van der Waals surface area (Å²) in [5.41, 5.74) is 5.18. The van der Waals surface area contributed by atoms with Crippen LogP contribution >= 0.6 is 0 Å². The third kappa shape index (κ3) is 1.98. The molecule has 0 spiro atoms. The predicted octanol–water partition coefficient (Wildman–Crippen LogP) is -0.876. The summed E-state index contributed by atoms with van der Waals surface area (Å²) in [5.74, 6) is -1.42. The molecule has 0 aromatic heterocycles. The zero-order valence-electron chi connectivity index (χ0n) is 7.56. The van der Waals surface area contributed by atoms with Crippen molar-refractivity contribution in [2.75, 3.05) is 19.6 Å². The molecule has 0 aromatic rings. The highest BCUT2D eigenvalue weighted by Crippen LogP contribution is 2.22. The first-order valence-corrected chi connectivity index (χ1v) is 4.27. The Hall–Kier alpha value is -1.10. The Morgan fingerprint density at radius 1 is 1.54 bits per heavy atom. The second-order valence-electron chi connectivity index (χ2n) is 3.42. The van der Waals surface area contributed by atoms with Crippen LogP contribution in [-0.2, 0) is 9.59 Å². The van der Waals surface area contributed by atoms with Crippen LogP contribution in [0.1, 0.15) is 6.92 Å². The van der Waals surface area contributed by atoms with Gasteiger partial charge in [0.15, 0.2) is 0 Å². The third-order valence-electron chi connectivity index (χ3n) is 2.46. The Labute approximate surface area is 76.5 Å². The third-order valence-corrected chi connectivity index (χ3v) is 2.46. The van der Waals surface area contributed by atoms with Crippen molar-refractivity contribution < 1.29 is 14.7 Å². The van der Waals surface area contributed by atoms with E-state index in [4.69, 9.17) is 10.8 Å². The normalized spacial score (nSPS) is 27.7. The van der Waals surface area contributed by atoms with Gasteiger partial charge in [0.05, 0.1) is 12.5 Å². The Morgan fingerprint density at radius 2 is 2.15 bits per heavy atom. The number of carbonyl (C=O) groups is 2. The van der Waals surface area contributed by atoms with Crippen LogP contribution in [0.15, 0.2) is 0 Å². The Balaban J connectivity index is 2.59. The summed E-state index contributed by atoms with van der Waals surface area (Å²) in [6.07, 6.45) is 0. The number of nitrogens with zero attached hydrogens (tertiary/aromatic N) is 1. The maximum absolute atomic E-state index is 11.1. The van der Waals surface area contributed by atoms with Crippen LogP contribution in [0.4, 0.5) is 0 Å². The fourth-order valence-electron chi connectivity index (χ4n) is 1.62. The topological polar surface area (TPSA) is 83.6 Å². The van der Waals surface area contributed by atoms with Crippen LogP contribution in [0.3, 0.4) is 0 Å². The summed E-state index contributed by atoms with van der Waals surface area (Å²) in [6.45, 7) is 2.60. The lowest BCUT2D eigenvalue weighted by molar-refractivity contribution is -0.142. The van der Waals surface area contributed by atoms with Crippen molar-refractivity contribution in [2.24, 2.45) is 17.6 Å². The molecule has 5 heteroatoms. The number of hydrogen-bond acceptors (Lipinski definition) is 3. The monoisotopic (exact) mass is 186 g/mol. The Kier molecular flexibility index (Phi) is 2.87. The first kappa shape index (κ1) is 9.98. The van der Waals surface area contributed by atoms with E-state index < -0.39 is 11.9 Å². The molecule has 1 rings (SSSR count). The number of carboxylic acid groups (broad SMARTS) is 1. The van der Waals surface area contributed by atoms with Gasteiger partial charge in [-0.3, -0.25) is 9.59 Å². The molecule has 3 N–H and O–H groups in total. The zero-order valence-corrected chi connectivity index (χ0v) is 7.56. The minimum absolute atomic E-state index is 0.0213. The Bertz CT molecular complexity index is 229. The van der Waals surface area contributed by atoms with Gasteiger partial charge >= 0.3 is 5.97 Å². The summed E-state index contributed by atoms with van der Waals surface area (Å²) in [7, 11) is 0. The summed E-state index contributed by atoms with van der Waals surface area (Å²) in [6, 6.07) is 0. The lowest BCUT2D eigenvalue weighted by atomic mass is 9.99. The average molecular weight is 186 g/mol. The summed E-state index contributed by atoms with van der Waals surface area (Å²) >= 11 is 0. The number of carboxylic acids is 1. The van der Waals surface area contributed by atoms with Crippen molar-refractivity contribution >= 4 is 11.9 Å². The van der Waals surface area contributed by atoms with Crippen LogP contribution in [0.2, 0.25) is 0 Å². The number of carbonyl (C=O) groups excluding carboxylic acids is 1. The maximum atomic E-state index is 11.1. The van der Waals surface area contributed by atoms with Crippen molar-refractivity contribution in [3.63, 3.8) is 0 Å². The van der Waals surface area contributed by atoms with E-state index in [9.17, 15) is 9.59 Å². The van der Waals surface area contributed by atoms with E-state index in [-0.39, 0.29) is 18.4 Å². The molecule has 2 atom stereocenters. The van der Waals surface area contributed by atoms with Gasteiger partial charge in [0.25, 0.3) is 0 Å². The van der Waals surface area contributed by atoms with Gasteiger partial charge in [-0.1, -0.05) is 6.92 Å². The van der Waals surface area contributed by atoms with Crippen molar-refractivity contribution in [3.05, 3.63) is 0 Å². The zero-order chi connectivity index (χ0) is 10.0. The van der Waals surface area contributed by atoms with Crippen LogP contribution in [0.25, 0.3) is 0 Å². The number of rotatable bonds is 2. The number of hydrogen-bond donors (Lipinski definition) is 2. The van der Waals surface area contributed by atoms with E-state index in [0.717, 1.165) is 0 Å². The largest absolute Gasteiger partial charge is 0.481 e. The first-order chi connectivity index (χ1) is 6.06. The summed E-state index contributed by atoms with van der Waals surface area (Å²) in [4.78, 5) is 23.4. The van der Waals surface area contributed by atoms with Gasteiger partial charge in [0.2, 0.25) is 5.91 Å². The van der Waals surface area contributed by atoms with Crippen LogP contribution in [0, 0.1) is 11.8 Å². The van der Waals surface area contributed by atoms with Gasteiger partial charge in [0, 0.05) is 13.1 Å². The number of amides is 1. The molecule has 1 heterocycles. The molecule has 74 valence electrons. The SMILES string of the molecule is C[C@@H]1CN(C(=O)CN)C[C@H]1C(=O)O. The lowest BCUT2D eigenvalue weighted by Gasteiger charge is -2.13. The Morgan fingerprint density at radius 3 is 2.54 bits per heavy atom. The molecule has 1 saturated heterocycles. The van der Waals surface area contributed by atoms with E-state index in [0.29, 0.717) is 13.1 Å². The van der Waals surface area contributed by atoms with E-state index >= 15 is 0 Å². The van der Waals surface area contributed by atoms with Gasteiger partial charge in [-0.05, 0) is 5.92 Å². The second kappa shape index (κ2) is 3.74. The molecule has 0 bridgehead atoms. The van der Waals surface area contributed by atoms with E-state index in [1.807, 2.05) is 6.92 Å². The van der Waals surface area contributed by atoms with E-state index in [2.05, 4.69) is 0 Å². The summed E-state index contributed by atoms with van der Waals surface area (Å²) < 4.78 is 0. The van der Waals surface area contributed by atoms with Crippen molar-refractivity contribution in [1.29, 1.82) is 0 Å². The molecule has 0 saturated carbocycles. The van der Waals surface area contributed by atoms with Gasteiger partial charge in [0.1, 0.15) is 0 Å². The highest BCUT2D eigenvalue weighted by Gasteiger charge is 2.36. The molecule has 0 aromatic carbocycles. The average Bonchev–Trinajstić information content (AvgIpc) is 2.46. The van der Waals surface area contributed by atoms with Gasteiger partial charge in [-0.15, -0.1) is 0 Å². The van der Waals surface area contributed by atoms with E-state index in [1.165, 1.54) is 4.90 Å². The fourth-order valence-corrected chi connectivity index (χ4v) is 1.62. The molecule has 13 heavy (non-hydrogen) atoms. The highest BCUT2D eigenvalue weighted by atomic mass is 16.4. The van der Waals surface area contributed by atoms with Crippen molar-refractivity contribution in [2.45, 2.75) is 6.92 Å². The predicted molar refractivity (Wildman–Crippen MR) is 45.9 cm³/mol. The molecule has 1 fully saturated rings. The minimum Gasteiger partial charge on any atom is -0.481 e. The van der Waals surface area contributed by atoms with Gasteiger partial charge in [-0.2, -0.15) is 0 Å². The molecule has 1 aliphatic heterocycles. The molecule has 0 unspecified atom stereocenters. The van der Waals surface area contributed by atoms with Gasteiger partial charge in [-0.25, -0.2) is 0 Å². The highest BCUT2D eigenvalue weighted by molar-refractivity contribution is 5.80. The second-order valence-corrected chi connectivity index (χ2v) is 3.42. The van der Waals surface area contributed by atoms with Crippen LogP contribution < -0.4 is 5.73 Å². The van der Waals surface area contributed by atoms with Gasteiger partial charge < -0.3 is 15.7 Å². The van der Waals surface area contributed by atoms with Crippen LogP contribution in [0.5, 0.6) is 0 Å². The molecular formula is C8H14N2O3. The molecule has 5 nitrogen and oxygen atoms in total. The van der Waals surface area contributed by atoms with Crippen LogP contribution in [-0.4, -0.2) is 41.5 Å². The molecule has 0 radical (unpaired) electrons. The smallest absolute Gasteiger partial charge is 0.308 e. The minimum atomic E-state index is -0.833.